The highest BCUT2D eigenvalue weighted by Crippen LogP contribution is 2.42. The van der Waals surface area contributed by atoms with E-state index in [1.807, 2.05) is 0 Å². The lowest BCUT2D eigenvalue weighted by atomic mass is 9.70. The lowest BCUT2D eigenvalue weighted by molar-refractivity contribution is 0.172. The first-order chi connectivity index (χ1) is 15.7. The van der Waals surface area contributed by atoms with E-state index in [1.165, 1.54) is 116 Å². The van der Waals surface area contributed by atoms with Crippen LogP contribution in [0.15, 0.2) is 0 Å². The number of nitriles is 2. The molecule has 180 valence electrons. The summed E-state index contributed by atoms with van der Waals surface area (Å²) < 4.78 is 0. The van der Waals surface area contributed by atoms with Crippen LogP contribution < -0.4 is 0 Å². The van der Waals surface area contributed by atoms with Crippen LogP contribution >= 0.6 is 0 Å². The molecule has 0 bridgehead atoms. The van der Waals surface area contributed by atoms with Gasteiger partial charge in [0.25, 0.3) is 0 Å². The molecule has 2 nitrogen and oxygen atoms in total. The Balaban J connectivity index is 1.28. The van der Waals surface area contributed by atoms with Gasteiger partial charge in [0.05, 0.1) is 12.1 Å². The van der Waals surface area contributed by atoms with E-state index in [9.17, 15) is 5.26 Å². The van der Waals surface area contributed by atoms with Crippen LogP contribution in [0.2, 0.25) is 0 Å². The molecule has 3 saturated carbocycles. The minimum atomic E-state index is 0.336. The maximum Gasteiger partial charge on any atom is 0.0658 e. The number of rotatable bonds is 11. The molecule has 0 aliphatic heterocycles. The van der Waals surface area contributed by atoms with E-state index in [0.717, 1.165) is 42.4 Å². The van der Waals surface area contributed by atoms with E-state index in [1.54, 1.807) is 0 Å². The molecule has 3 aliphatic carbocycles. The molecule has 3 aliphatic rings. The molecule has 1 atom stereocenters. The van der Waals surface area contributed by atoms with Crippen LogP contribution in [0, 0.1) is 64.1 Å². The number of unbranched alkanes of at least 4 members (excludes halogenated alkanes) is 1. The molecule has 0 aromatic heterocycles. The molecule has 1 unspecified atom stereocenters. The molecule has 0 aromatic rings. The number of nitrogens with zero attached hydrogens (tertiary/aromatic N) is 2. The lowest BCUT2D eigenvalue weighted by Gasteiger charge is -2.35. The Labute approximate surface area is 199 Å². The molecule has 0 aromatic carbocycles. The van der Waals surface area contributed by atoms with Gasteiger partial charge in [-0.05, 0) is 67.6 Å². The standard InChI is InChI=1S/C30H50N2/c1-2-5-24-17-19-29(20-18-24)30(23-32)22-28-15-13-27(14-16-28)12-11-26-9-7-25(8-10-26)6-3-4-21-31/h24-30H,2-20,22H2,1H3. The summed E-state index contributed by atoms with van der Waals surface area (Å²) in [4.78, 5) is 0. The lowest BCUT2D eigenvalue weighted by Crippen LogP contribution is -2.25. The van der Waals surface area contributed by atoms with Gasteiger partial charge in [-0.25, -0.2) is 0 Å². The highest BCUT2D eigenvalue weighted by Gasteiger charge is 2.31. The van der Waals surface area contributed by atoms with Crippen molar-refractivity contribution >= 4 is 0 Å². The van der Waals surface area contributed by atoms with Crippen molar-refractivity contribution in [2.45, 2.75) is 135 Å². The second kappa shape index (κ2) is 14.3. The molecule has 0 spiro atoms. The van der Waals surface area contributed by atoms with Crippen molar-refractivity contribution < 1.29 is 0 Å². The maximum absolute atomic E-state index is 9.87. The zero-order chi connectivity index (χ0) is 22.6. The summed E-state index contributed by atoms with van der Waals surface area (Å²) >= 11 is 0. The zero-order valence-corrected chi connectivity index (χ0v) is 21.1. The quantitative estimate of drug-likeness (QED) is 0.302. The fraction of sp³-hybridized carbons (Fsp3) is 0.933. The van der Waals surface area contributed by atoms with E-state index >= 15 is 0 Å². The third-order valence-corrected chi connectivity index (χ3v) is 9.73. The van der Waals surface area contributed by atoms with Gasteiger partial charge in [0, 0.05) is 12.3 Å². The van der Waals surface area contributed by atoms with Crippen LogP contribution in [-0.2, 0) is 0 Å². The Bertz CT molecular complexity index is 575. The van der Waals surface area contributed by atoms with Crippen LogP contribution in [0.25, 0.3) is 0 Å². The summed E-state index contributed by atoms with van der Waals surface area (Å²) in [5, 5.41) is 18.6. The first-order valence-electron chi connectivity index (χ1n) is 14.5. The third kappa shape index (κ3) is 8.40. The molecule has 0 N–H and O–H groups in total. The summed E-state index contributed by atoms with van der Waals surface area (Å²) in [6, 6.07) is 5.04. The van der Waals surface area contributed by atoms with Crippen LogP contribution in [0.3, 0.4) is 0 Å². The summed E-state index contributed by atoms with van der Waals surface area (Å²) in [5.74, 6) is 5.65. The normalized spacial score (nSPS) is 34.3. The number of hydrogen-bond donors (Lipinski definition) is 0. The van der Waals surface area contributed by atoms with Crippen molar-refractivity contribution in [2.75, 3.05) is 0 Å². The van der Waals surface area contributed by atoms with Crippen molar-refractivity contribution in [2.24, 2.45) is 41.4 Å². The minimum Gasteiger partial charge on any atom is -0.198 e. The van der Waals surface area contributed by atoms with Crippen molar-refractivity contribution in [3.8, 4) is 12.1 Å². The smallest absolute Gasteiger partial charge is 0.0658 e. The molecule has 0 saturated heterocycles. The topological polar surface area (TPSA) is 47.6 Å². The molecule has 3 fully saturated rings. The molecule has 0 heterocycles. The van der Waals surface area contributed by atoms with Crippen LogP contribution in [0.5, 0.6) is 0 Å². The average molecular weight is 439 g/mol. The Morgan fingerprint density at radius 3 is 1.59 bits per heavy atom. The molecule has 0 radical (unpaired) electrons. The van der Waals surface area contributed by atoms with Gasteiger partial charge < -0.3 is 0 Å². The average Bonchev–Trinajstić information content (AvgIpc) is 2.84. The summed E-state index contributed by atoms with van der Waals surface area (Å²) in [6.07, 6.45) is 26.7. The molecular weight excluding hydrogens is 388 g/mol. The maximum atomic E-state index is 9.87. The molecule has 3 rings (SSSR count). The van der Waals surface area contributed by atoms with Crippen molar-refractivity contribution in [1.29, 1.82) is 10.5 Å². The second-order valence-corrected chi connectivity index (χ2v) is 11.9. The molecular formula is C30H50N2. The van der Waals surface area contributed by atoms with E-state index in [0.29, 0.717) is 11.8 Å². The van der Waals surface area contributed by atoms with Gasteiger partial charge >= 0.3 is 0 Å². The summed E-state index contributed by atoms with van der Waals surface area (Å²) in [6.45, 7) is 2.31. The van der Waals surface area contributed by atoms with Crippen LogP contribution in [0.1, 0.15) is 135 Å². The highest BCUT2D eigenvalue weighted by atomic mass is 14.4. The fourth-order valence-corrected chi connectivity index (χ4v) is 7.50. The largest absolute Gasteiger partial charge is 0.198 e. The Kier molecular flexibility index (Phi) is 11.4. The molecule has 32 heavy (non-hydrogen) atoms. The Morgan fingerprint density at radius 2 is 1.09 bits per heavy atom. The van der Waals surface area contributed by atoms with Gasteiger partial charge in [0.1, 0.15) is 0 Å². The SMILES string of the molecule is CCCC1CCC(C(C#N)CC2CCC(CCC3CCC(CCCC#N)CC3)CC2)CC1. The van der Waals surface area contributed by atoms with Crippen molar-refractivity contribution in [3.63, 3.8) is 0 Å². The fourth-order valence-electron chi connectivity index (χ4n) is 7.50. The summed E-state index contributed by atoms with van der Waals surface area (Å²) in [5.41, 5.74) is 0. The Hall–Kier alpha value is -1.02. The Morgan fingerprint density at radius 1 is 0.625 bits per heavy atom. The van der Waals surface area contributed by atoms with Crippen LogP contribution in [0.4, 0.5) is 0 Å². The van der Waals surface area contributed by atoms with Crippen LogP contribution in [-0.4, -0.2) is 0 Å². The van der Waals surface area contributed by atoms with Gasteiger partial charge in [-0.3, -0.25) is 0 Å². The van der Waals surface area contributed by atoms with Gasteiger partial charge in [-0.2, -0.15) is 10.5 Å². The number of hydrogen-bond acceptors (Lipinski definition) is 2. The minimum absolute atomic E-state index is 0.336. The zero-order valence-electron chi connectivity index (χ0n) is 21.1. The van der Waals surface area contributed by atoms with Crippen molar-refractivity contribution in [3.05, 3.63) is 0 Å². The first kappa shape index (κ1) is 25.6. The van der Waals surface area contributed by atoms with E-state index in [2.05, 4.69) is 19.1 Å². The van der Waals surface area contributed by atoms with Crippen molar-refractivity contribution in [1.82, 2.24) is 0 Å². The van der Waals surface area contributed by atoms with E-state index in [4.69, 9.17) is 5.26 Å². The monoisotopic (exact) mass is 438 g/mol. The third-order valence-electron chi connectivity index (χ3n) is 9.73. The molecule has 0 amide bonds. The van der Waals surface area contributed by atoms with Gasteiger partial charge in [0.2, 0.25) is 0 Å². The molecule has 2 heteroatoms. The van der Waals surface area contributed by atoms with E-state index in [-0.39, 0.29) is 0 Å². The van der Waals surface area contributed by atoms with Gasteiger partial charge in [-0.1, -0.05) is 96.8 Å². The predicted octanol–water partition coefficient (Wildman–Crippen LogP) is 9.21. The predicted molar refractivity (Wildman–Crippen MR) is 134 cm³/mol. The van der Waals surface area contributed by atoms with E-state index < -0.39 is 0 Å². The van der Waals surface area contributed by atoms with Gasteiger partial charge in [0.15, 0.2) is 0 Å². The highest BCUT2D eigenvalue weighted by molar-refractivity contribution is 4.92. The summed E-state index contributed by atoms with van der Waals surface area (Å²) in [7, 11) is 0. The second-order valence-electron chi connectivity index (χ2n) is 11.9. The van der Waals surface area contributed by atoms with Gasteiger partial charge in [-0.15, -0.1) is 0 Å². The first-order valence-corrected chi connectivity index (χ1v) is 14.5.